The molecule has 3 aromatic rings. The second-order valence-electron chi connectivity index (χ2n) is 9.74. The minimum Gasteiger partial charge on any atom is -0.459 e. The smallest absolute Gasteiger partial charge is 0.328 e. The predicted molar refractivity (Wildman–Crippen MR) is 135 cm³/mol. The molecule has 8 heteroatoms. The molecule has 1 aromatic heterocycles. The molecular weight excluding hydrogens is 440 g/mol. The van der Waals surface area contributed by atoms with Gasteiger partial charge in [0.25, 0.3) is 0 Å². The first kappa shape index (κ1) is 24.8. The largest absolute Gasteiger partial charge is 0.459 e. The van der Waals surface area contributed by atoms with E-state index in [1.54, 1.807) is 4.68 Å². The molecule has 184 valence electrons. The van der Waals surface area contributed by atoms with Gasteiger partial charge in [0.15, 0.2) is 5.82 Å². The summed E-state index contributed by atoms with van der Waals surface area (Å²) in [5.74, 6) is 0.298. The predicted octanol–water partition coefficient (Wildman–Crippen LogP) is 3.44. The summed E-state index contributed by atoms with van der Waals surface area (Å²) < 4.78 is 7.07. The van der Waals surface area contributed by atoms with Crippen LogP contribution >= 0.6 is 0 Å². The van der Waals surface area contributed by atoms with E-state index in [0.717, 1.165) is 38.3 Å². The number of benzene rings is 2. The molecule has 1 atom stereocenters. The molecule has 35 heavy (non-hydrogen) atoms. The van der Waals surface area contributed by atoms with E-state index in [2.05, 4.69) is 73.9 Å². The molecule has 0 spiro atoms. The number of hydrogen-bond donors (Lipinski definition) is 0. The number of nitrogens with zero attached hydrogens (tertiary/aromatic N) is 6. The summed E-state index contributed by atoms with van der Waals surface area (Å²) in [6.45, 7) is 10.1. The molecule has 0 bridgehead atoms. The second-order valence-corrected chi connectivity index (χ2v) is 9.74. The van der Waals surface area contributed by atoms with Gasteiger partial charge in [-0.05, 0) is 42.3 Å². The van der Waals surface area contributed by atoms with Crippen LogP contribution in [0.15, 0.2) is 66.7 Å². The fourth-order valence-corrected chi connectivity index (χ4v) is 4.28. The van der Waals surface area contributed by atoms with E-state index in [9.17, 15) is 4.79 Å². The Labute approximate surface area is 207 Å². The van der Waals surface area contributed by atoms with E-state index in [1.165, 1.54) is 5.56 Å². The van der Waals surface area contributed by atoms with E-state index in [1.807, 2.05) is 45.0 Å². The van der Waals surface area contributed by atoms with Gasteiger partial charge in [-0.25, -0.2) is 4.68 Å². The minimum absolute atomic E-state index is 0.0207. The zero-order valence-corrected chi connectivity index (χ0v) is 20.7. The maximum absolute atomic E-state index is 12.5. The third-order valence-electron chi connectivity index (χ3n) is 5.86. The van der Waals surface area contributed by atoms with Gasteiger partial charge in [0.2, 0.25) is 0 Å². The van der Waals surface area contributed by atoms with Crippen molar-refractivity contribution in [1.82, 2.24) is 30.0 Å². The summed E-state index contributed by atoms with van der Waals surface area (Å²) >= 11 is 0. The fourth-order valence-electron chi connectivity index (χ4n) is 4.28. The fraction of sp³-hybridized carbons (Fsp3) is 0.407. The molecule has 0 aliphatic carbocycles. The van der Waals surface area contributed by atoms with Gasteiger partial charge >= 0.3 is 5.97 Å². The Morgan fingerprint density at radius 1 is 1.00 bits per heavy atom. The molecule has 1 aliphatic rings. The van der Waals surface area contributed by atoms with Crippen LogP contribution in [0.25, 0.3) is 6.08 Å². The van der Waals surface area contributed by atoms with E-state index in [0.29, 0.717) is 5.82 Å². The monoisotopic (exact) mass is 474 g/mol. The zero-order valence-electron chi connectivity index (χ0n) is 20.7. The number of aromatic nitrogens is 4. The summed E-state index contributed by atoms with van der Waals surface area (Å²) in [4.78, 5) is 17.3. The lowest BCUT2D eigenvalue weighted by atomic mass is 10.0. The highest BCUT2D eigenvalue weighted by molar-refractivity contribution is 5.69. The third-order valence-corrected chi connectivity index (χ3v) is 5.86. The van der Waals surface area contributed by atoms with Crippen LogP contribution in [0.4, 0.5) is 0 Å². The molecule has 8 nitrogen and oxygen atoms in total. The summed E-state index contributed by atoms with van der Waals surface area (Å²) in [5.41, 5.74) is 1.76. The van der Waals surface area contributed by atoms with Crippen molar-refractivity contribution < 1.29 is 9.53 Å². The van der Waals surface area contributed by atoms with Gasteiger partial charge in [-0.3, -0.25) is 14.6 Å². The lowest BCUT2D eigenvalue weighted by Gasteiger charge is -2.38. The van der Waals surface area contributed by atoms with Crippen LogP contribution in [-0.2, 0) is 16.1 Å². The molecule has 0 saturated carbocycles. The van der Waals surface area contributed by atoms with E-state index < -0.39 is 5.60 Å². The van der Waals surface area contributed by atoms with Crippen molar-refractivity contribution in [3.63, 3.8) is 0 Å². The number of carbonyl (C=O) groups excluding carboxylic acids is 1. The van der Waals surface area contributed by atoms with Crippen molar-refractivity contribution in [3.05, 3.63) is 83.7 Å². The average Bonchev–Trinajstić information content (AvgIpc) is 3.28. The Hall–Kier alpha value is -3.36. The van der Waals surface area contributed by atoms with Crippen molar-refractivity contribution in [2.24, 2.45) is 0 Å². The molecular formula is C27H34N6O2. The quantitative estimate of drug-likeness (QED) is 0.463. The van der Waals surface area contributed by atoms with E-state index >= 15 is 0 Å². The first-order valence-corrected chi connectivity index (χ1v) is 12.1. The number of carbonyl (C=O) groups is 1. The van der Waals surface area contributed by atoms with Crippen molar-refractivity contribution in [3.8, 4) is 0 Å². The lowest BCUT2D eigenvalue weighted by Crippen LogP contribution is -2.48. The summed E-state index contributed by atoms with van der Waals surface area (Å²) in [5, 5.41) is 12.4. The normalized spacial score (nSPS) is 16.4. The maximum atomic E-state index is 12.5. The van der Waals surface area contributed by atoms with Crippen molar-refractivity contribution in [1.29, 1.82) is 0 Å². The Morgan fingerprint density at radius 3 is 2.31 bits per heavy atom. The molecule has 2 heterocycles. The Kier molecular flexibility index (Phi) is 8.05. The Bertz CT molecular complexity index is 1100. The number of ether oxygens (including phenoxy) is 1. The van der Waals surface area contributed by atoms with Gasteiger partial charge < -0.3 is 4.74 Å². The molecule has 2 aromatic carbocycles. The van der Waals surface area contributed by atoms with Crippen molar-refractivity contribution in [2.45, 2.75) is 39.0 Å². The highest BCUT2D eigenvalue weighted by Gasteiger charge is 2.31. The molecule has 1 fully saturated rings. The first-order valence-electron chi connectivity index (χ1n) is 12.1. The zero-order chi connectivity index (χ0) is 24.7. The molecule has 0 radical (unpaired) electrons. The van der Waals surface area contributed by atoms with Crippen LogP contribution in [0.1, 0.15) is 43.8 Å². The number of hydrogen-bond acceptors (Lipinski definition) is 7. The number of piperazine rings is 1. The van der Waals surface area contributed by atoms with Gasteiger partial charge in [0, 0.05) is 32.7 Å². The Morgan fingerprint density at radius 2 is 1.66 bits per heavy atom. The van der Waals surface area contributed by atoms with Crippen LogP contribution in [0, 0.1) is 0 Å². The van der Waals surface area contributed by atoms with Gasteiger partial charge in [-0.1, -0.05) is 72.8 Å². The lowest BCUT2D eigenvalue weighted by molar-refractivity contribution is -0.155. The van der Waals surface area contributed by atoms with Gasteiger partial charge in [-0.2, -0.15) is 0 Å². The molecule has 1 aliphatic heterocycles. The number of esters is 1. The van der Waals surface area contributed by atoms with E-state index in [4.69, 9.17) is 4.74 Å². The average molecular weight is 475 g/mol. The highest BCUT2D eigenvalue weighted by Crippen LogP contribution is 2.28. The summed E-state index contributed by atoms with van der Waals surface area (Å²) in [6, 6.07) is 20.4. The second kappa shape index (κ2) is 11.4. The van der Waals surface area contributed by atoms with Crippen LogP contribution in [0.3, 0.4) is 0 Å². The van der Waals surface area contributed by atoms with E-state index in [-0.39, 0.29) is 18.6 Å². The first-order chi connectivity index (χ1) is 16.9. The highest BCUT2D eigenvalue weighted by atomic mass is 16.6. The molecule has 1 unspecified atom stereocenters. The molecule has 1 saturated heterocycles. The maximum Gasteiger partial charge on any atom is 0.328 e. The standard InChI is InChI=1S/C27H34N6O2/c1-27(2,3)35-24(34)21-33-26(28-29-30-33)25(23-14-8-5-9-15-23)32-19-17-31(18-20-32)16-10-13-22-11-6-4-7-12-22/h4-15,25H,16-21H2,1-3H3/b13-10+. The van der Waals surface area contributed by atoms with Gasteiger partial charge in [0.1, 0.15) is 12.1 Å². The van der Waals surface area contributed by atoms with Crippen LogP contribution < -0.4 is 0 Å². The summed E-state index contributed by atoms with van der Waals surface area (Å²) in [7, 11) is 0. The van der Waals surface area contributed by atoms with Gasteiger partial charge in [0.05, 0.1) is 6.04 Å². The number of tetrazole rings is 1. The summed E-state index contributed by atoms with van der Waals surface area (Å²) in [6.07, 6.45) is 4.39. The third kappa shape index (κ3) is 7.07. The van der Waals surface area contributed by atoms with Crippen molar-refractivity contribution in [2.75, 3.05) is 32.7 Å². The number of rotatable bonds is 8. The van der Waals surface area contributed by atoms with Crippen LogP contribution in [0.5, 0.6) is 0 Å². The van der Waals surface area contributed by atoms with Gasteiger partial charge in [-0.15, -0.1) is 5.10 Å². The SMILES string of the molecule is CC(C)(C)OC(=O)Cn1nnnc1C(c1ccccc1)N1CCN(C/C=C/c2ccccc2)CC1. The van der Waals surface area contributed by atoms with Crippen LogP contribution in [-0.4, -0.2) is 74.3 Å². The Balaban J connectivity index is 1.45. The molecule has 4 rings (SSSR count). The van der Waals surface area contributed by atoms with Crippen molar-refractivity contribution >= 4 is 12.0 Å². The topological polar surface area (TPSA) is 76.4 Å². The van der Waals surface area contributed by atoms with Crippen LogP contribution in [0.2, 0.25) is 0 Å². The molecule has 0 N–H and O–H groups in total. The minimum atomic E-state index is -0.560. The molecule has 0 amide bonds.